The number of aryl methyl sites for hydroxylation is 1. The lowest BCUT2D eigenvalue weighted by Gasteiger charge is -2.18. The molecule has 5 rings (SSSR count). The predicted octanol–water partition coefficient (Wildman–Crippen LogP) is 4.97. The first kappa shape index (κ1) is 20.7. The molecule has 1 N–H and O–H groups in total. The van der Waals surface area contributed by atoms with Crippen LogP contribution in [0.25, 0.3) is 11.3 Å². The van der Waals surface area contributed by atoms with E-state index in [4.69, 9.17) is 14.8 Å². The van der Waals surface area contributed by atoms with Crippen LogP contribution in [0.1, 0.15) is 43.2 Å². The van der Waals surface area contributed by atoms with E-state index in [2.05, 4.69) is 29.8 Å². The third-order valence-corrected chi connectivity index (χ3v) is 6.66. The molecular formula is C25H26N4O2S. The van der Waals surface area contributed by atoms with Gasteiger partial charge in [0.1, 0.15) is 5.75 Å². The molecule has 164 valence electrons. The topological polar surface area (TPSA) is 68.0 Å². The molecule has 1 aliphatic heterocycles. The molecule has 1 aliphatic carbocycles. The van der Waals surface area contributed by atoms with E-state index in [1.165, 1.54) is 24.8 Å². The molecule has 2 heterocycles. The number of carbonyl (C=O) groups excluding carboxylic acids is 1. The van der Waals surface area contributed by atoms with Crippen LogP contribution in [0.3, 0.4) is 0 Å². The molecule has 2 aromatic carbocycles. The highest BCUT2D eigenvalue weighted by atomic mass is 32.1. The van der Waals surface area contributed by atoms with Crippen LogP contribution in [0.15, 0.2) is 57.9 Å². The lowest BCUT2D eigenvalue weighted by Crippen LogP contribution is -2.25. The van der Waals surface area contributed by atoms with Crippen molar-refractivity contribution in [2.75, 3.05) is 11.9 Å². The molecule has 0 spiro atoms. The Balaban J connectivity index is 1.57. The van der Waals surface area contributed by atoms with Gasteiger partial charge in [-0.3, -0.25) is 9.79 Å². The summed E-state index contributed by atoms with van der Waals surface area (Å²) in [6.45, 7) is 2.13. The minimum absolute atomic E-state index is 0.0516. The Hall–Kier alpha value is -3.19. The van der Waals surface area contributed by atoms with Gasteiger partial charge in [-0.2, -0.15) is 5.10 Å². The summed E-state index contributed by atoms with van der Waals surface area (Å²) in [5.74, 6) is 0.545. The molecular weight excluding hydrogens is 420 g/mol. The number of benzene rings is 2. The van der Waals surface area contributed by atoms with Crippen molar-refractivity contribution in [3.05, 3.63) is 63.8 Å². The number of carbonyl (C=O) groups is 1. The Morgan fingerprint density at radius 2 is 2.03 bits per heavy atom. The first-order valence-electron chi connectivity index (χ1n) is 11.1. The number of hydrogen-bond donors (Lipinski definition) is 1. The fourth-order valence-corrected chi connectivity index (χ4v) is 5.09. The lowest BCUT2D eigenvalue weighted by molar-refractivity contribution is -0.118. The van der Waals surface area contributed by atoms with Crippen molar-refractivity contribution in [1.82, 2.24) is 4.68 Å². The first-order chi connectivity index (χ1) is 15.7. The van der Waals surface area contributed by atoms with Gasteiger partial charge in [0.25, 0.3) is 5.91 Å². The summed E-state index contributed by atoms with van der Waals surface area (Å²) in [5.41, 5.74) is 4.82. The normalized spacial score (nSPS) is 17.3. The summed E-state index contributed by atoms with van der Waals surface area (Å²) >= 11 is 1.60. The van der Waals surface area contributed by atoms with Crippen molar-refractivity contribution in [3.63, 3.8) is 0 Å². The van der Waals surface area contributed by atoms with Gasteiger partial charge in [-0.25, -0.2) is 4.68 Å². The molecule has 0 bridgehead atoms. The van der Waals surface area contributed by atoms with Crippen LogP contribution < -0.4 is 14.9 Å². The van der Waals surface area contributed by atoms with Gasteiger partial charge in [-0.1, -0.05) is 49.1 Å². The zero-order chi connectivity index (χ0) is 21.9. The monoisotopic (exact) mass is 446 g/mol. The number of ether oxygens (including phenoxy) is 1. The Morgan fingerprint density at radius 3 is 2.88 bits per heavy atom. The minimum atomic E-state index is -0.140. The van der Waals surface area contributed by atoms with Crippen molar-refractivity contribution in [2.24, 2.45) is 10.1 Å². The molecule has 0 saturated heterocycles. The molecule has 0 atom stereocenters. The number of hydrogen-bond acceptors (Lipinski definition) is 5. The van der Waals surface area contributed by atoms with E-state index in [-0.39, 0.29) is 12.5 Å². The van der Waals surface area contributed by atoms with Gasteiger partial charge in [0.15, 0.2) is 6.61 Å². The van der Waals surface area contributed by atoms with Crippen LogP contribution in [0.5, 0.6) is 5.75 Å². The highest BCUT2D eigenvalue weighted by molar-refractivity contribution is 7.07. The average molecular weight is 447 g/mol. The Morgan fingerprint density at radius 1 is 1.16 bits per heavy atom. The van der Waals surface area contributed by atoms with E-state index >= 15 is 0 Å². The summed E-state index contributed by atoms with van der Waals surface area (Å²) in [7, 11) is 0. The first-order valence-corrected chi connectivity index (χ1v) is 12.0. The molecule has 0 unspecified atom stereocenters. The van der Waals surface area contributed by atoms with Gasteiger partial charge in [0, 0.05) is 10.9 Å². The van der Waals surface area contributed by atoms with Crippen molar-refractivity contribution < 1.29 is 9.53 Å². The van der Waals surface area contributed by atoms with Gasteiger partial charge in [-0.15, -0.1) is 11.3 Å². The van der Waals surface area contributed by atoms with E-state index in [9.17, 15) is 4.79 Å². The van der Waals surface area contributed by atoms with Crippen LogP contribution in [-0.2, 0) is 4.79 Å². The highest BCUT2D eigenvalue weighted by Crippen LogP contribution is 2.33. The quantitative estimate of drug-likeness (QED) is 0.575. The van der Waals surface area contributed by atoms with E-state index in [0.717, 1.165) is 34.5 Å². The van der Waals surface area contributed by atoms with Gasteiger partial charge >= 0.3 is 0 Å². The fourth-order valence-electron chi connectivity index (χ4n) is 4.18. The Kier molecular flexibility index (Phi) is 5.90. The van der Waals surface area contributed by atoms with Gasteiger partial charge in [0.05, 0.1) is 23.6 Å². The van der Waals surface area contributed by atoms with E-state index in [1.807, 2.05) is 41.2 Å². The molecule has 1 amide bonds. The van der Waals surface area contributed by atoms with Crippen molar-refractivity contribution in [3.8, 4) is 17.0 Å². The second kappa shape index (κ2) is 9.12. The van der Waals surface area contributed by atoms with Crippen molar-refractivity contribution in [1.29, 1.82) is 0 Å². The van der Waals surface area contributed by atoms with Crippen molar-refractivity contribution >= 4 is 29.1 Å². The second-order valence-corrected chi connectivity index (χ2v) is 9.18. The number of thiazole rings is 1. The minimum Gasteiger partial charge on any atom is -0.482 e. The fraction of sp³-hybridized carbons (Fsp3) is 0.320. The highest BCUT2D eigenvalue weighted by Gasteiger charge is 2.18. The smallest absolute Gasteiger partial charge is 0.262 e. The third-order valence-electron chi connectivity index (χ3n) is 5.83. The molecule has 32 heavy (non-hydrogen) atoms. The summed E-state index contributed by atoms with van der Waals surface area (Å²) in [6.07, 6.45) is 7.93. The standard InChI is InChI=1S/C25H26N4O2S/c1-17-6-5-7-18(12-17)14-26-29-22(16-32-25(29)27-20-8-3-2-4-9-20)19-10-11-23-21(13-19)28-24(30)15-31-23/h5-7,10-14,16,20H,2-4,8-9,15H2,1H3,(H,28,30). The van der Waals surface area contributed by atoms with E-state index in [0.29, 0.717) is 17.5 Å². The van der Waals surface area contributed by atoms with Gasteiger partial charge in [-0.05, 0) is 43.5 Å². The summed E-state index contributed by atoms with van der Waals surface area (Å²) < 4.78 is 7.44. The molecule has 1 saturated carbocycles. The number of nitrogens with one attached hydrogen (secondary N) is 1. The summed E-state index contributed by atoms with van der Waals surface area (Å²) in [5, 5.41) is 9.82. The third kappa shape index (κ3) is 4.53. The zero-order valence-electron chi connectivity index (χ0n) is 18.1. The predicted molar refractivity (Wildman–Crippen MR) is 128 cm³/mol. The second-order valence-electron chi connectivity index (χ2n) is 8.34. The van der Waals surface area contributed by atoms with Crippen LogP contribution in [0.2, 0.25) is 0 Å². The Labute approximate surface area is 191 Å². The summed E-state index contributed by atoms with van der Waals surface area (Å²) in [4.78, 5) is 17.7. The van der Waals surface area contributed by atoms with Crippen molar-refractivity contribution in [2.45, 2.75) is 45.1 Å². The van der Waals surface area contributed by atoms with Crippen LogP contribution >= 0.6 is 11.3 Å². The van der Waals surface area contributed by atoms with Gasteiger partial charge in [0.2, 0.25) is 4.80 Å². The summed E-state index contributed by atoms with van der Waals surface area (Å²) in [6, 6.07) is 14.5. The molecule has 1 aromatic heterocycles. The molecule has 2 aliphatic rings. The average Bonchev–Trinajstić information content (AvgIpc) is 3.20. The van der Waals surface area contributed by atoms with E-state index < -0.39 is 0 Å². The zero-order valence-corrected chi connectivity index (χ0v) is 18.9. The molecule has 6 nitrogen and oxygen atoms in total. The Bertz CT molecular complexity index is 1230. The molecule has 1 fully saturated rings. The largest absolute Gasteiger partial charge is 0.482 e. The van der Waals surface area contributed by atoms with Crippen LogP contribution in [0, 0.1) is 6.92 Å². The molecule has 3 aromatic rings. The SMILES string of the molecule is Cc1cccc(C=Nn2c(-c3ccc4c(c3)NC(=O)CO4)csc2=NC2CCCCC2)c1. The molecule has 0 radical (unpaired) electrons. The maximum Gasteiger partial charge on any atom is 0.262 e. The number of fused-ring (bicyclic) bond motifs is 1. The maximum absolute atomic E-state index is 11.8. The lowest BCUT2D eigenvalue weighted by atomic mass is 9.96. The maximum atomic E-state index is 11.8. The van der Waals surface area contributed by atoms with Gasteiger partial charge < -0.3 is 10.1 Å². The van der Waals surface area contributed by atoms with Crippen LogP contribution in [0.4, 0.5) is 5.69 Å². The van der Waals surface area contributed by atoms with Crippen LogP contribution in [-0.4, -0.2) is 29.4 Å². The number of aromatic nitrogens is 1. The number of amides is 1. The molecule has 7 heteroatoms. The number of rotatable bonds is 4. The van der Waals surface area contributed by atoms with E-state index in [1.54, 1.807) is 11.3 Å². The number of nitrogens with zero attached hydrogens (tertiary/aromatic N) is 3. The number of anilines is 1.